The Morgan fingerprint density at radius 2 is 1.59 bits per heavy atom. The van der Waals surface area contributed by atoms with Crippen LogP contribution in [0, 0.1) is 0 Å². The SMILES string of the molecule is C=CCC.CCCCCC(=O)O.CCCCO. The Kier molecular flexibility index (Phi) is 30.8. The van der Waals surface area contributed by atoms with Gasteiger partial charge in [-0.15, -0.1) is 6.58 Å². The number of rotatable bonds is 7. The normalized spacial score (nSPS) is 8.24. The van der Waals surface area contributed by atoms with Crippen LogP contribution in [0.5, 0.6) is 0 Å². The molecule has 0 amide bonds. The number of carboxylic acids is 1. The summed E-state index contributed by atoms with van der Waals surface area (Å²) in [5, 5.41) is 16.2. The number of aliphatic hydroxyl groups excluding tert-OH is 1. The number of hydrogen-bond acceptors (Lipinski definition) is 2. The molecule has 0 spiro atoms. The van der Waals surface area contributed by atoms with Crippen LogP contribution in [0.2, 0.25) is 0 Å². The maximum atomic E-state index is 9.87. The maximum absolute atomic E-state index is 9.87. The van der Waals surface area contributed by atoms with E-state index in [0.29, 0.717) is 13.0 Å². The van der Waals surface area contributed by atoms with Crippen molar-refractivity contribution in [3.8, 4) is 0 Å². The number of carbonyl (C=O) groups is 1. The first-order valence-corrected chi connectivity index (χ1v) is 6.54. The number of allylic oxidation sites excluding steroid dienone is 1. The Balaban J connectivity index is -0.000000188. The molecule has 3 nitrogen and oxygen atoms in total. The van der Waals surface area contributed by atoms with E-state index in [0.717, 1.165) is 38.5 Å². The Labute approximate surface area is 107 Å². The van der Waals surface area contributed by atoms with Crippen molar-refractivity contribution < 1.29 is 15.0 Å². The summed E-state index contributed by atoms with van der Waals surface area (Å²) in [4.78, 5) is 9.87. The summed E-state index contributed by atoms with van der Waals surface area (Å²) >= 11 is 0. The topological polar surface area (TPSA) is 57.5 Å². The lowest BCUT2D eigenvalue weighted by Gasteiger charge is -1.89. The minimum Gasteiger partial charge on any atom is -0.481 e. The fourth-order valence-corrected chi connectivity index (χ4v) is 0.684. The smallest absolute Gasteiger partial charge is 0.303 e. The molecule has 0 bridgehead atoms. The molecule has 0 atom stereocenters. The van der Waals surface area contributed by atoms with Crippen LogP contribution < -0.4 is 0 Å². The van der Waals surface area contributed by atoms with Gasteiger partial charge in [-0.1, -0.05) is 46.1 Å². The average molecular weight is 246 g/mol. The summed E-state index contributed by atoms with van der Waals surface area (Å²) in [7, 11) is 0. The van der Waals surface area contributed by atoms with Gasteiger partial charge in [0.15, 0.2) is 0 Å². The third kappa shape index (κ3) is 51.2. The molecule has 0 radical (unpaired) electrons. The van der Waals surface area contributed by atoms with Crippen molar-refractivity contribution >= 4 is 5.97 Å². The van der Waals surface area contributed by atoms with Gasteiger partial charge in [-0.2, -0.15) is 0 Å². The molecule has 0 saturated carbocycles. The van der Waals surface area contributed by atoms with Gasteiger partial charge in [-0.3, -0.25) is 4.79 Å². The van der Waals surface area contributed by atoms with E-state index in [9.17, 15) is 4.79 Å². The number of aliphatic carboxylic acids is 1. The van der Waals surface area contributed by atoms with Gasteiger partial charge < -0.3 is 10.2 Å². The minimum atomic E-state index is -0.682. The Bertz CT molecular complexity index is 142. The second-order valence-electron chi connectivity index (χ2n) is 3.62. The van der Waals surface area contributed by atoms with Gasteiger partial charge in [0.25, 0.3) is 0 Å². The first-order chi connectivity index (χ1) is 8.10. The van der Waals surface area contributed by atoms with Crippen LogP contribution in [0.3, 0.4) is 0 Å². The van der Waals surface area contributed by atoms with Crippen LogP contribution in [-0.2, 0) is 4.79 Å². The first-order valence-electron chi connectivity index (χ1n) is 6.54. The number of aliphatic hydroxyl groups is 1. The van der Waals surface area contributed by atoms with Gasteiger partial charge in [0.2, 0.25) is 0 Å². The van der Waals surface area contributed by atoms with Crippen LogP contribution in [0.15, 0.2) is 12.7 Å². The van der Waals surface area contributed by atoms with Crippen LogP contribution in [0.25, 0.3) is 0 Å². The molecular formula is C14H30O3. The fourth-order valence-electron chi connectivity index (χ4n) is 0.684. The quantitative estimate of drug-likeness (QED) is 0.527. The summed E-state index contributed by atoms with van der Waals surface area (Å²) < 4.78 is 0. The van der Waals surface area contributed by atoms with Crippen molar-refractivity contribution in [1.82, 2.24) is 0 Å². The largest absolute Gasteiger partial charge is 0.481 e. The maximum Gasteiger partial charge on any atom is 0.303 e. The summed E-state index contributed by atoms with van der Waals surface area (Å²) in [6.45, 7) is 9.99. The van der Waals surface area contributed by atoms with Gasteiger partial charge in [0.1, 0.15) is 0 Å². The molecule has 0 saturated heterocycles. The predicted molar refractivity (Wildman–Crippen MR) is 74.3 cm³/mol. The van der Waals surface area contributed by atoms with Gasteiger partial charge in [-0.05, 0) is 19.3 Å². The second-order valence-corrected chi connectivity index (χ2v) is 3.62. The highest BCUT2D eigenvalue weighted by molar-refractivity contribution is 5.66. The van der Waals surface area contributed by atoms with Crippen LogP contribution in [0.4, 0.5) is 0 Å². The molecule has 0 rings (SSSR count). The van der Waals surface area contributed by atoms with E-state index in [1.807, 2.05) is 6.08 Å². The lowest BCUT2D eigenvalue weighted by atomic mass is 10.2. The molecule has 3 heteroatoms. The molecule has 0 unspecified atom stereocenters. The third-order valence-electron chi connectivity index (χ3n) is 1.79. The standard InChI is InChI=1S/C6H12O2.C4H10O.C4H8/c1-2-3-4-5-6(7)8;1-2-3-4-5;1-3-4-2/h2-5H2,1H3,(H,7,8);5H,2-4H2,1H3;3H,1,4H2,2H3. The van der Waals surface area contributed by atoms with Gasteiger partial charge in [0.05, 0.1) is 0 Å². The van der Waals surface area contributed by atoms with E-state index >= 15 is 0 Å². The Morgan fingerprint density at radius 1 is 1.12 bits per heavy atom. The molecule has 0 fully saturated rings. The van der Waals surface area contributed by atoms with Crippen molar-refractivity contribution in [1.29, 1.82) is 0 Å². The zero-order valence-electron chi connectivity index (χ0n) is 11.7. The van der Waals surface area contributed by atoms with Gasteiger partial charge in [-0.25, -0.2) is 0 Å². The molecule has 0 heterocycles. The molecule has 0 aromatic carbocycles. The number of unbranched alkanes of at least 4 members (excludes halogenated alkanes) is 3. The van der Waals surface area contributed by atoms with E-state index in [4.69, 9.17) is 10.2 Å². The van der Waals surface area contributed by atoms with Crippen molar-refractivity contribution in [2.75, 3.05) is 6.61 Å². The second kappa shape index (κ2) is 24.4. The summed E-state index contributed by atoms with van der Waals surface area (Å²) in [6, 6.07) is 0. The van der Waals surface area contributed by atoms with Gasteiger partial charge >= 0.3 is 5.97 Å². The fraction of sp³-hybridized carbons (Fsp3) is 0.786. The summed E-state index contributed by atoms with van der Waals surface area (Å²) in [5.74, 6) is -0.682. The lowest BCUT2D eigenvalue weighted by Crippen LogP contribution is -1.92. The summed E-state index contributed by atoms with van der Waals surface area (Å²) in [5.41, 5.74) is 0. The van der Waals surface area contributed by atoms with Gasteiger partial charge in [0, 0.05) is 13.0 Å². The minimum absolute atomic E-state index is 0.327. The van der Waals surface area contributed by atoms with Crippen LogP contribution >= 0.6 is 0 Å². The Hall–Kier alpha value is -0.830. The molecule has 0 aromatic heterocycles. The summed E-state index contributed by atoms with van der Waals surface area (Å²) in [6.07, 6.45) is 8.27. The Morgan fingerprint density at radius 3 is 1.76 bits per heavy atom. The van der Waals surface area contributed by atoms with Crippen molar-refractivity contribution in [2.24, 2.45) is 0 Å². The van der Waals surface area contributed by atoms with Crippen molar-refractivity contribution in [2.45, 2.75) is 65.7 Å². The van der Waals surface area contributed by atoms with E-state index < -0.39 is 5.97 Å². The highest BCUT2D eigenvalue weighted by Crippen LogP contribution is 1.97. The molecule has 0 aliphatic carbocycles. The number of hydrogen-bond donors (Lipinski definition) is 2. The van der Waals surface area contributed by atoms with Crippen molar-refractivity contribution in [3.63, 3.8) is 0 Å². The average Bonchev–Trinajstić information content (AvgIpc) is 2.31. The van der Waals surface area contributed by atoms with Crippen molar-refractivity contribution in [3.05, 3.63) is 12.7 Å². The number of carboxylic acid groups (broad SMARTS) is 1. The molecular weight excluding hydrogens is 216 g/mol. The zero-order chi connectivity index (χ0) is 13.9. The van der Waals surface area contributed by atoms with Crippen LogP contribution in [0.1, 0.15) is 65.7 Å². The highest BCUT2D eigenvalue weighted by atomic mass is 16.4. The molecule has 104 valence electrons. The van der Waals surface area contributed by atoms with E-state index in [1.165, 1.54) is 0 Å². The lowest BCUT2D eigenvalue weighted by molar-refractivity contribution is -0.137. The molecule has 17 heavy (non-hydrogen) atoms. The first kappa shape index (κ1) is 21.5. The zero-order valence-corrected chi connectivity index (χ0v) is 11.7. The molecule has 0 aliphatic heterocycles. The highest BCUT2D eigenvalue weighted by Gasteiger charge is 1.92. The van der Waals surface area contributed by atoms with E-state index in [1.54, 1.807) is 0 Å². The van der Waals surface area contributed by atoms with Crippen LogP contribution in [-0.4, -0.2) is 22.8 Å². The molecule has 0 aromatic rings. The predicted octanol–water partition coefficient (Wildman–Crippen LogP) is 4.01. The van der Waals surface area contributed by atoms with E-state index in [-0.39, 0.29) is 0 Å². The monoisotopic (exact) mass is 246 g/mol. The molecule has 0 aliphatic rings. The van der Waals surface area contributed by atoms with E-state index in [2.05, 4.69) is 27.4 Å². The third-order valence-corrected chi connectivity index (χ3v) is 1.79. The molecule has 2 N–H and O–H groups in total.